The Balaban J connectivity index is 2.09. The highest BCUT2D eigenvalue weighted by Gasteiger charge is 2.24. The minimum absolute atomic E-state index is 0.100. The predicted octanol–water partition coefficient (Wildman–Crippen LogP) is 3.33. The first-order valence-corrected chi connectivity index (χ1v) is 8.94. The fraction of sp³-hybridized carbons (Fsp3) is 0.600. The normalized spacial score (nSPS) is 15.6. The molecule has 0 radical (unpaired) electrons. The van der Waals surface area contributed by atoms with Crippen LogP contribution < -0.4 is 0 Å². The summed E-state index contributed by atoms with van der Waals surface area (Å²) in [6.45, 7) is 12.9. The fourth-order valence-corrected chi connectivity index (χ4v) is 3.52. The third-order valence-corrected chi connectivity index (χ3v) is 4.61. The van der Waals surface area contributed by atoms with Crippen LogP contribution in [-0.2, 0) is 4.79 Å². The van der Waals surface area contributed by atoms with Gasteiger partial charge in [-0.15, -0.1) is 0 Å². The predicted molar refractivity (Wildman–Crippen MR) is 97.2 cm³/mol. The molecule has 1 aliphatic heterocycles. The Morgan fingerprint density at radius 1 is 0.958 bits per heavy atom. The van der Waals surface area contributed by atoms with Crippen LogP contribution in [0, 0.1) is 26.7 Å². The number of amides is 2. The van der Waals surface area contributed by atoms with Crippen LogP contribution in [0.1, 0.15) is 53.7 Å². The van der Waals surface area contributed by atoms with Crippen LogP contribution in [0.25, 0.3) is 0 Å². The van der Waals surface area contributed by atoms with E-state index in [9.17, 15) is 9.59 Å². The van der Waals surface area contributed by atoms with Crippen molar-refractivity contribution < 1.29 is 9.59 Å². The number of hydrogen-bond donors (Lipinski definition) is 0. The Labute approximate surface area is 145 Å². The van der Waals surface area contributed by atoms with E-state index in [1.54, 1.807) is 0 Å². The van der Waals surface area contributed by atoms with E-state index in [0.717, 1.165) is 36.2 Å². The van der Waals surface area contributed by atoms with E-state index < -0.39 is 0 Å². The molecule has 1 heterocycles. The van der Waals surface area contributed by atoms with E-state index >= 15 is 0 Å². The van der Waals surface area contributed by atoms with Gasteiger partial charge in [-0.3, -0.25) is 9.59 Å². The summed E-state index contributed by atoms with van der Waals surface area (Å²) in [5.41, 5.74) is 4.08. The molecule has 0 atom stereocenters. The van der Waals surface area contributed by atoms with Gasteiger partial charge in [0, 0.05) is 38.2 Å². The van der Waals surface area contributed by atoms with Crippen molar-refractivity contribution in [1.29, 1.82) is 0 Å². The summed E-state index contributed by atoms with van der Waals surface area (Å²) >= 11 is 0. The average Bonchev–Trinajstić information content (AvgIpc) is 2.71. The van der Waals surface area contributed by atoms with E-state index in [1.165, 1.54) is 5.56 Å². The van der Waals surface area contributed by atoms with Crippen LogP contribution in [0.3, 0.4) is 0 Å². The molecule has 0 saturated carbocycles. The molecule has 1 fully saturated rings. The summed E-state index contributed by atoms with van der Waals surface area (Å²) in [4.78, 5) is 29.1. The third-order valence-electron chi connectivity index (χ3n) is 4.61. The van der Waals surface area contributed by atoms with E-state index in [2.05, 4.69) is 32.9 Å². The van der Waals surface area contributed by atoms with Crippen LogP contribution in [0.2, 0.25) is 0 Å². The number of benzene rings is 1. The molecular formula is C20H30N2O2. The second-order valence-corrected chi connectivity index (χ2v) is 7.40. The second-order valence-electron chi connectivity index (χ2n) is 7.40. The summed E-state index contributed by atoms with van der Waals surface area (Å²) in [5, 5.41) is 0. The van der Waals surface area contributed by atoms with Gasteiger partial charge in [-0.05, 0) is 44.2 Å². The SMILES string of the molecule is Cc1cc(C)c(C(=O)N2CCCN(C(=O)CC(C)C)CC2)c(C)c1. The van der Waals surface area contributed by atoms with Crippen molar-refractivity contribution in [3.8, 4) is 0 Å². The lowest BCUT2D eigenvalue weighted by atomic mass is 9.98. The highest BCUT2D eigenvalue weighted by Crippen LogP contribution is 2.19. The Hall–Kier alpha value is -1.84. The van der Waals surface area contributed by atoms with Crippen LogP contribution in [-0.4, -0.2) is 47.8 Å². The number of carbonyl (C=O) groups excluding carboxylic acids is 2. The minimum Gasteiger partial charge on any atom is -0.341 e. The van der Waals surface area contributed by atoms with Gasteiger partial charge in [0.2, 0.25) is 5.91 Å². The molecule has 2 rings (SSSR count). The molecule has 0 aliphatic carbocycles. The zero-order valence-corrected chi connectivity index (χ0v) is 15.7. The Bertz CT molecular complexity index is 599. The van der Waals surface area contributed by atoms with Gasteiger partial charge in [-0.2, -0.15) is 0 Å². The first-order chi connectivity index (χ1) is 11.3. The van der Waals surface area contributed by atoms with E-state index in [1.807, 2.05) is 23.6 Å². The van der Waals surface area contributed by atoms with Crippen LogP contribution in [0.15, 0.2) is 12.1 Å². The molecule has 0 aromatic heterocycles. The number of carbonyl (C=O) groups is 2. The van der Waals surface area contributed by atoms with Gasteiger partial charge in [0.25, 0.3) is 5.91 Å². The lowest BCUT2D eigenvalue weighted by molar-refractivity contribution is -0.131. The van der Waals surface area contributed by atoms with Gasteiger partial charge in [0.15, 0.2) is 0 Å². The van der Waals surface area contributed by atoms with Gasteiger partial charge in [-0.25, -0.2) is 0 Å². The van der Waals surface area contributed by atoms with Crippen molar-refractivity contribution in [3.63, 3.8) is 0 Å². The molecule has 1 aromatic carbocycles. The van der Waals surface area contributed by atoms with Crippen LogP contribution in [0.4, 0.5) is 0 Å². The van der Waals surface area contributed by atoms with Gasteiger partial charge in [-0.1, -0.05) is 31.5 Å². The molecule has 4 heteroatoms. The molecule has 1 aromatic rings. The summed E-state index contributed by atoms with van der Waals surface area (Å²) in [7, 11) is 0. The largest absolute Gasteiger partial charge is 0.341 e. The second kappa shape index (κ2) is 7.82. The third kappa shape index (κ3) is 4.37. The van der Waals surface area contributed by atoms with Crippen molar-refractivity contribution >= 4 is 11.8 Å². The molecule has 0 N–H and O–H groups in total. The average molecular weight is 330 g/mol. The van der Waals surface area contributed by atoms with Gasteiger partial charge >= 0.3 is 0 Å². The molecule has 132 valence electrons. The van der Waals surface area contributed by atoms with Crippen molar-refractivity contribution in [2.24, 2.45) is 5.92 Å². The van der Waals surface area contributed by atoms with Gasteiger partial charge in [0.1, 0.15) is 0 Å². The minimum atomic E-state index is 0.100. The zero-order valence-electron chi connectivity index (χ0n) is 15.7. The zero-order chi connectivity index (χ0) is 17.9. The lowest BCUT2D eigenvalue weighted by Crippen LogP contribution is -2.38. The van der Waals surface area contributed by atoms with Crippen molar-refractivity contribution in [2.75, 3.05) is 26.2 Å². The number of rotatable bonds is 3. The van der Waals surface area contributed by atoms with Crippen LogP contribution in [0.5, 0.6) is 0 Å². The van der Waals surface area contributed by atoms with Crippen molar-refractivity contribution in [3.05, 3.63) is 34.4 Å². The molecule has 0 spiro atoms. The molecular weight excluding hydrogens is 300 g/mol. The maximum Gasteiger partial charge on any atom is 0.254 e. The van der Waals surface area contributed by atoms with E-state index in [0.29, 0.717) is 25.4 Å². The summed E-state index contributed by atoms with van der Waals surface area (Å²) in [6, 6.07) is 4.13. The lowest BCUT2D eigenvalue weighted by Gasteiger charge is -2.24. The van der Waals surface area contributed by atoms with E-state index in [-0.39, 0.29) is 11.8 Å². The number of nitrogens with zero attached hydrogens (tertiary/aromatic N) is 2. The summed E-state index contributed by atoms with van der Waals surface area (Å²) < 4.78 is 0. The topological polar surface area (TPSA) is 40.6 Å². The molecule has 0 bridgehead atoms. The molecule has 1 aliphatic rings. The Morgan fingerprint density at radius 3 is 2.08 bits per heavy atom. The monoisotopic (exact) mass is 330 g/mol. The summed E-state index contributed by atoms with van der Waals surface area (Å²) in [5.74, 6) is 0.682. The maximum absolute atomic E-state index is 13.0. The fourth-order valence-electron chi connectivity index (χ4n) is 3.52. The highest BCUT2D eigenvalue weighted by molar-refractivity contribution is 5.97. The van der Waals surface area contributed by atoms with Gasteiger partial charge in [0.05, 0.1) is 0 Å². The molecule has 0 unspecified atom stereocenters. The van der Waals surface area contributed by atoms with Crippen LogP contribution >= 0.6 is 0 Å². The Morgan fingerprint density at radius 2 is 1.50 bits per heavy atom. The quantitative estimate of drug-likeness (QED) is 0.853. The first kappa shape index (κ1) is 18.5. The van der Waals surface area contributed by atoms with Crippen molar-refractivity contribution in [1.82, 2.24) is 9.80 Å². The Kier molecular flexibility index (Phi) is 6.03. The van der Waals surface area contributed by atoms with Crippen molar-refractivity contribution in [2.45, 2.75) is 47.5 Å². The molecule has 4 nitrogen and oxygen atoms in total. The molecule has 24 heavy (non-hydrogen) atoms. The summed E-state index contributed by atoms with van der Waals surface area (Å²) in [6.07, 6.45) is 1.43. The van der Waals surface area contributed by atoms with E-state index in [4.69, 9.17) is 0 Å². The smallest absolute Gasteiger partial charge is 0.254 e. The first-order valence-electron chi connectivity index (χ1n) is 8.94. The standard InChI is InChI=1S/C20H30N2O2/c1-14(2)11-18(23)21-7-6-8-22(10-9-21)20(24)19-16(4)12-15(3)13-17(19)5/h12-14H,6-11H2,1-5H3. The number of aryl methyl sites for hydroxylation is 3. The maximum atomic E-state index is 13.0. The number of hydrogen-bond acceptors (Lipinski definition) is 2. The molecule has 1 saturated heterocycles. The highest BCUT2D eigenvalue weighted by atomic mass is 16.2. The van der Waals surface area contributed by atoms with Gasteiger partial charge < -0.3 is 9.80 Å². The molecule has 2 amide bonds.